The molecule has 0 aliphatic heterocycles. The van der Waals surface area contributed by atoms with Gasteiger partial charge in [0.1, 0.15) is 6.10 Å². The fourth-order valence-corrected chi connectivity index (χ4v) is 10.2. The molecule has 0 spiro atoms. The third-order valence-electron chi connectivity index (χ3n) is 11.5. The normalized spacial score (nSPS) is 49.6. The van der Waals surface area contributed by atoms with Crippen molar-refractivity contribution in [3.8, 4) is 0 Å². The van der Waals surface area contributed by atoms with Gasteiger partial charge >= 0.3 is 10.4 Å². The van der Waals surface area contributed by atoms with Crippen molar-refractivity contribution in [2.24, 2.45) is 46.3 Å². The van der Waals surface area contributed by atoms with Gasteiger partial charge in [-0.15, -0.1) is 0 Å². The summed E-state index contributed by atoms with van der Waals surface area (Å²) in [5.41, 5.74) is -2.54. The highest BCUT2D eigenvalue weighted by Gasteiger charge is 2.71. The minimum atomic E-state index is -4.81. The smallest absolute Gasteiger partial charge is 0.396 e. The third-order valence-corrected chi connectivity index (χ3v) is 11.9. The molecule has 4 aliphatic carbocycles. The minimum Gasteiger partial charge on any atom is -0.396 e. The Morgan fingerprint density at radius 1 is 1.05 bits per heavy atom. The average Bonchev–Trinajstić information content (AvgIpc) is 3.01. The van der Waals surface area contributed by atoms with E-state index in [9.17, 15) is 38.5 Å². The summed E-state index contributed by atoms with van der Waals surface area (Å²) in [5, 5.41) is 54.3. The average molecular weight is 549 g/mol. The first-order valence-electron chi connectivity index (χ1n) is 14.1. The Morgan fingerprint density at radius 3 is 2.35 bits per heavy atom. The quantitative estimate of drug-likeness (QED) is 0.250. The van der Waals surface area contributed by atoms with Crippen LogP contribution in [0, 0.1) is 46.3 Å². The molecular formula is C27H48O9S. The highest BCUT2D eigenvalue weighted by Crippen LogP contribution is 2.69. The van der Waals surface area contributed by atoms with Crippen molar-refractivity contribution < 1.29 is 42.7 Å². The van der Waals surface area contributed by atoms with Gasteiger partial charge < -0.3 is 25.5 Å². The lowest BCUT2D eigenvalue weighted by atomic mass is 9.42. The molecule has 0 aromatic carbocycles. The summed E-state index contributed by atoms with van der Waals surface area (Å²) in [4.78, 5) is 0. The van der Waals surface area contributed by atoms with Crippen molar-refractivity contribution in [2.45, 2.75) is 115 Å². The van der Waals surface area contributed by atoms with E-state index < -0.39 is 51.2 Å². The van der Waals surface area contributed by atoms with E-state index in [0.29, 0.717) is 19.3 Å². The van der Waals surface area contributed by atoms with E-state index in [-0.39, 0.29) is 55.0 Å². The predicted octanol–water partition coefficient (Wildman–Crippen LogP) is 2.30. The van der Waals surface area contributed by atoms with Crippen molar-refractivity contribution in [3.63, 3.8) is 0 Å². The number of hydrogen-bond donors (Lipinski definition) is 6. The maximum absolute atomic E-state index is 11.9. The van der Waals surface area contributed by atoms with Crippen LogP contribution in [0.3, 0.4) is 0 Å². The van der Waals surface area contributed by atoms with Gasteiger partial charge in [0.05, 0.1) is 23.9 Å². The maximum atomic E-state index is 11.9. The molecule has 4 rings (SSSR count). The summed E-state index contributed by atoms with van der Waals surface area (Å²) in [6, 6.07) is 0. The Bertz CT molecular complexity index is 929. The van der Waals surface area contributed by atoms with Crippen molar-refractivity contribution in [2.75, 3.05) is 6.61 Å². The van der Waals surface area contributed by atoms with E-state index >= 15 is 0 Å². The van der Waals surface area contributed by atoms with Gasteiger partial charge in [-0.3, -0.25) is 4.55 Å². The molecule has 4 aliphatic rings. The highest BCUT2D eigenvalue weighted by molar-refractivity contribution is 7.80. The van der Waals surface area contributed by atoms with Gasteiger partial charge in [0, 0.05) is 18.4 Å². The number of hydrogen-bond acceptors (Lipinski definition) is 8. The molecule has 216 valence electrons. The molecular weight excluding hydrogens is 500 g/mol. The zero-order valence-electron chi connectivity index (χ0n) is 22.7. The lowest BCUT2D eigenvalue weighted by Gasteiger charge is -2.65. The molecule has 0 aromatic heterocycles. The van der Waals surface area contributed by atoms with E-state index in [4.69, 9.17) is 4.18 Å². The molecule has 0 radical (unpaired) electrons. The van der Waals surface area contributed by atoms with Crippen LogP contribution in [0.5, 0.6) is 0 Å². The number of aliphatic hydroxyl groups is 5. The van der Waals surface area contributed by atoms with Crippen molar-refractivity contribution in [3.05, 3.63) is 0 Å². The lowest BCUT2D eigenvalue weighted by molar-refractivity contribution is -0.268. The lowest BCUT2D eigenvalue weighted by Crippen LogP contribution is -2.69. The van der Waals surface area contributed by atoms with E-state index in [0.717, 1.165) is 25.7 Å². The van der Waals surface area contributed by atoms with Gasteiger partial charge in [0.15, 0.2) is 0 Å². The summed E-state index contributed by atoms with van der Waals surface area (Å²) >= 11 is 0. The van der Waals surface area contributed by atoms with E-state index in [1.54, 1.807) is 0 Å². The summed E-state index contributed by atoms with van der Waals surface area (Å²) < 4.78 is 38.6. The summed E-state index contributed by atoms with van der Waals surface area (Å²) in [7, 11) is -4.81. The SMILES string of the molecule is CC(CO)CCCC(C)C1C(OS(=O)(=O)O)C(O)C2C3CC(O)C4(O)CC(O)CCC4(C)C3CCC21C. The van der Waals surface area contributed by atoms with Crippen LogP contribution in [-0.4, -0.2) is 75.1 Å². The zero-order chi connectivity index (χ0) is 27.6. The standard InChI is InChI=1S/C27H48O9S/c1-15(14-28)6-5-7-16(2)21-24(36-37(33,34)35)23(31)22-18-12-20(30)27(32)13-17(29)8-11-26(27,4)19(18)9-10-25(21,22)3/h15-24,28-32H,5-14H2,1-4H3,(H,33,34,35). The van der Waals surface area contributed by atoms with Gasteiger partial charge in [-0.25, -0.2) is 4.18 Å². The van der Waals surface area contributed by atoms with E-state index in [1.807, 2.05) is 20.8 Å². The highest BCUT2D eigenvalue weighted by atomic mass is 32.3. The molecule has 0 saturated heterocycles. The third kappa shape index (κ3) is 4.92. The van der Waals surface area contributed by atoms with Crippen LogP contribution < -0.4 is 0 Å². The topological polar surface area (TPSA) is 165 Å². The van der Waals surface area contributed by atoms with Crippen molar-refractivity contribution >= 4 is 10.4 Å². The van der Waals surface area contributed by atoms with Crippen LogP contribution in [0.2, 0.25) is 0 Å². The fourth-order valence-electron chi connectivity index (χ4n) is 9.66. The molecule has 0 bridgehead atoms. The van der Waals surface area contributed by atoms with Crippen LogP contribution in [0.15, 0.2) is 0 Å². The molecule has 4 fully saturated rings. The molecule has 4 saturated carbocycles. The Hall–Kier alpha value is -0.330. The molecule has 0 heterocycles. The largest absolute Gasteiger partial charge is 0.397 e. The van der Waals surface area contributed by atoms with E-state index in [2.05, 4.69) is 6.92 Å². The van der Waals surface area contributed by atoms with Gasteiger partial charge in [0.2, 0.25) is 0 Å². The first-order valence-corrected chi connectivity index (χ1v) is 15.5. The Labute approximate surface area is 221 Å². The molecule has 13 atom stereocenters. The van der Waals surface area contributed by atoms with Crippen molar-refractivity contribution in [1.82, 2.24) is 0 Å². The molecule has 0 amide bonds. The Balaban J connectivity index is 1.68. The number of aliphatic hydroxyl groups excluding tert-OH is 4. The van der Waals surface area contributed by atoms with Crippen LogP contribution in [-0.2, 0) is 14.6 Å². The second-order valence-corrected chi connectivity index (χ2v) is 14.6. The Kier molecular flexibility index (Phi) is 8.21. The van der Waals surface area contributed by atoms with E-state index in [1.165, 1.54) is 0 Å². The first-order chi connectivity index (χ1) is 17.1. The summed E-state index contributed by atoms with van der Waals surface area (Å²) in [6.45, 7) is 8.21. The number of fused-ring (bicyclic) bond motifs is 5. The zero-order valence-corrected chi connectivity index (χ0v) is 23.5. The fraction of sp³-hybridized carbons (Fsp3) is 1.00. The van der Waals surface area contributed by atoms with Gasteiger partial charge in [-0.05, 0) is 79.4 Å². The monoisotopic (exact) mass is 548 g/mol. The second kappa shape index (κ2) is 10.3. The molecule has 13 unspecified atom stereocenters. The van der Waals surface area contributed by atoms with Crippen LogP contribution in [0.25, 0.3) is 0 Å². The minimum absolute atomic E-state index is 0.00744. The molecule has 9 nitrogen and oxygen atoms in total. The van der Waals surface area contributed by atoms with Gasteiger partial charge in [0.25, 0.3) is 0 Å². The second-order valence-electron chi connectivity index (χ2n) is 13.5. The van der Waals surface area contributed by atoms with Crippen LogP contribution >= 0.6 is 0 Å². The molecule has 6 N–H and O–H groups in total. The summed E-state index contributed by atoms with van der Waals surface area (Å²) in [5.74, 6) is -0.717. The number of rotatable bonds is 8. The van der Waals surface area contributed by atoms with Crippen LogP contribution in [0.4, 0.5) is 0 Å². The predicted molar refractivity (Wildman–Crippen MR) is 137 cm³/mol. The summed E-state index contributed by atoms with van der Waals surface area (Å²) in [6.07, 6.45) is 1.40. The van der Waals surface area contributed by atoms with Gasteiger partial charge in [-0.1, -0.05) is 40.5 Å². The van der Waals surface area contributed by atoms with Gasteiger partial charge in [-0.2, -0.15) is 8.42 Å². The van der Waals surface area contributed by atoms with Crippen molar-refractivity contribution in [1.29, 1.82) is 0 Å². The maximum Gasteiger partial charge on any atom is 0.397 e. The molecule has 37 heavy (non-hydrogen) atoms. The first kappa shape index (κ1) is 29.6. The molecule has 10 heteroatoms. The molecule has 0 aromatic rings. The Morgan fingerprint density at radius 2 is 1.73 bits per heavy atom. The van der Waals surface area contributed by atoms with Crippen LogP contribution in [0.1, 0.15) is 85.5 Å².